The third-order valence-corrected chi connectivity index (χ3v) is 3.86. The number of nitrogens with zero attached hydrogens (tertiary/aromatic N) is 2. The molecule has 0 unspecified atom stereocenters. The zero-order valence-electron chi connectivity index (χ0n) is 15.5. The first-order chi connectivity index (χ1) is 10.6. The lowest BCUT2D eigenvalue weighted by Crippen LogP contribution is -2.43. The lowest BCUT2D eigenvalue weighted by Gasteiger charge is -2.23. The molecule has 0 heterocycles. The molecule has 0 bridgehead atoms. The first-order valence-corrected chi connectivity index (χ1v) is 9.29. The van der Waals surface area contributed by atoms with Crippen LogP contribution in [0.5, 0.6) is 0 Å². The lowest BCUT2D eigenvalue weighted by atomic mass is 10.2. The predicted molar refractivity (Wildman–Crippen MR) is 95.8 cm³/mol. The van der Waals surface area contributed by atoms with E-state index in [-0.39, 0.29) is 5.91 Å². The molecule has 1 amide bonds. The van der Waals surface area contributed by atoms with Crippen molar-refractivity contribution < 1.29 is 4.79 Å². The van der Waals surface area contributed by atoms with Crippen molar-refractivity contribution in [1.29, 1.82) is 0 Å². The standard InChI is InChI=1S/C18H39N3O/c1-5-7-9-11-16-21(17-12-10-8-6-2)19-18(22)14-13-15-20(3)4/h5-17H2,1-4H3,(H,19,22). The highest BCUT2D eigenvalue weighted by Gasteiger charge is 2.09. The number of hydrazine groups is 1. The molecule has 0 atom stereocenters. The molecular formula is C18H39N3O. The van der Waals surface area contributed by atoms with Gasteiger partial charge in [0, 0.05) is 19.5 Å². The Morgan fingerprint density at radius 3 is 1.77 bits per heavy atom. The summed E-state index contributed by atoms with van der Waals surface area (Å²) >= 11 is 0. The Bertz CT molecular complexity index is 245. The topological polar surface area (TPSA) is 35.6 Å². The summed E-state index contributed by atoms with van der Waals surface area (Å²) in [6, 6.07) is 0. The summed E-state index contributed by atoms with van der Waals surface area (Å²) in [6.45, 7) is 7.42. The Balaban J connectivity index is 3.99. The highest BCUT2D eigenvalue weighted by molar-refractivity contribution is 5.75. The summed E-state index contributed by atoms with van der Waals surface area (Å²) in [7, 11) is 4.09. The number of rotatable bonds is 15. The summed E-state index contributed by atoms with van der Waals surface area (Å²) in [5, 5.41) is 2.16. The van der Waals surface area contributed by atoms with Gasteiger partial charge in [0.05, 0.1) is 0 Å². The van der Waals surface area contributed by atoms with Gasteiger partial charge in [-0.15, -0.1) is 0 Å². The molecule has 0 spiro atoms. The van der Waals surface area contributed by atoms with Crippen LogP contribution < -0.4 is 5.43 Å². The maximum Gasteiger partial charge on any atom is 0.234 e. The van der Waals surface area contributed by atoms with Crippen molar-refractivity contribution in [2.45, 2.75) is 78.1 Å². The molecule has 0 aliphatic carbocycles. The minimum absolute atomic E-state index is 0.174. The van der Waals surface area contributed by atoms with Gasteiger partial charge in [-0.3, -0.25) is 10.2 Å². The van der Waals surface area contributed by atoms with E-state index in [9.17, 15) is 4.79 Å². The summed E-state index contributed by atoms with van der Waals surface area (Å²) in [4.78, 5) is 14.2. The van der Waals surface area contributed by atoms with Crippen molar-refractivity contribution in [1.82, 2.24) is 15.3 Å². The molecule has 0 radical (unpaired) electrons. The molecule has 0 saturated carbocycles. The number of unbranched alkanes of at least 4 members (excludes halogenated alkanes) is 6. The Morgan fingerprint density at radius 2 is 1.32 bits per heavy atom. The third kappa shape index (κ3) is 14.3. The second-order valence-electron chi connectivity index (χ2n) is 6.55. The van der Waals surface area contributed by atoms with Gasteiger partial charge >= 0.3 is 0 Å². The normalized spacial score (nSPS) is 11.4. The van der Waals surface area contributed by atoms with Crippen LogP contribution in [0.2, 0.25) is 0 Å². The molecule has 4 heteroatoms. The molecule has 0 aromatic heterocycles. The maximum atomic E-state index is 12.0. The van der Waals surface area contributed by atoms with Crippen LogP contribution in [0.15, 0.2) is 0 Å². The Kier molecular flexibility index (Phi) is 14.9. The molecule has 0 rings (SSSR count). The Morgan fingerprint density at radius 1 is 0.773 bits per heavy atom. The average molecular weight is 314 g/mol. The van der Waals surface area contributed by atoms with Crippen LogP contribution in [-0.2, 0) is 4.79 Å². The molecule has 1 N–H and O–H groups in total. The first kappa shape index (κ1) is 21.4. The van der Waals surface area contributed by atoms with E-state index in [0.29, 0.717) is 6.42 Å². The smallest absolute Gasteiger partial charge is 0.234 e. The van der Waals surface area contributed by atoms with E-state index in [1.807, 2.05) is 14.1 Å². The van der Waals surface area contributed by atoms with Gasteiger partial charge in [-0.05, 0) is 39.9 Å². The van der Waals surface area contributed by atoms with E-state index in [0.717, 1.165) is 26.1 Å². The van der Waals surface area contributed by atoms with Gasteiger partial charge in [-0.25, -0.2) is 5.01 Å². The van der Waals surface area contributed by atoms with Gasteiger partial charge in [0.2, 0.25) is 5.91 Å². The summed E-state index contributed by atoms with van der Waals surface area (Å²) in [6.07, 6.45) is 11.5. The van der Waals surface area contributed by atoms with Gasteiger partial charge < -0.3 is 4.90 Å². The highest BCUT2D eigenvalue weighted by Crippen LogP contribution is 2.04. The quantitative estimate of drug-likeness (QED) is 0.369. The van der Waals surface area contributed by atoms with E-state index < -0.39 is 0 Å². The highest BCUT2D eigenvalue weighted by atomic mass is 16.2. The summed E-state index contributed by atoms with van der Waals surface area (Å²) in [5.74, 6) is 0.174. The number of hydrogen-bond donors (Lipinski definition) is 1. The fraction of sp³-hybridized carbons (Fsp3) is 0.944. The number of carbonyl (C=O) groups excluding carboxylic acids is 1. The molecule has 0 aromatic carbocycles. The third-order valence-electron chi connectivity index (χ3n) is 3.86. The number of hydrogen-bond acceptors (Lipinski definition) is 3. The molecular weight excluding hydrogens is 274 g/mol. The fourth-order valence-electron chi connectivity index (χ4n) is 2.47. The molecule has 22 heavy (non-hydrogen) atoms. The van der Waals surface area contributed by atoms with E-state index in [4.69, 9.17) is 0 Å². The Labute approximate surface area is 138 Å². The fourth-order valence-corrected chi connectivity index (χ4v) is 2.47. The second-order valence-corrected chi connectivity index (χ2v) is 6.55. The van der Waals surface area contributed by atoms with Gasteiger partial charge in [-0.1, -0.05) is 52.4 Å². The van der Waals surface area contributed by atoms with Gasteiger partial charge in [-0.2, -0.15) is 0 Å². The second kappa shape index (κ2) is 15.3. The Hall–Kier alpha value is -0.610. The summed E-state index contributed by atoms with van der Waals surface area (Å²) in [5.41, 5.74) is 3.12. The van der Waals surface area contributed by atoms with Crippen LogP contribution in [0.1, 0.15) is 78.1 Å². The lowest BCUT2D eigenvalue weighted by molar-refractivity contribution is -0.126. The van der Waals surface area contributed by atoms with E-state index >= 15 is 0 Å². The molecule has 0 fully saturated rings. The van der Waals surface area contributed by atoms with Crippen LogP contribution >= 0.6 is 0 Å². The molecule has 0 aromatic rings. The van der Waals surface area contributed by atoms with Crippen LogP contribution in [0.3, 0.4) is 0 Å². The number of carbonyl (C=O) groups is 1. The minimum atomic E-state index is 0.174. The molecule has 0 saturated heterocycles. The molecule has 0 aliphatic rings. The molecule has 132 valence electrons. The summed E-state index contributed by atoms with van der Waals surface area (Å²) < 4.78 is 0. The van der Waals surface area contributed by atoms with Crippen molar-refractivity contribution in [3.8, 4) is 0 Å². The largest absolute Gasteiger partial charge is 0.309 e. The minimum Gasteiger partial charge on any atom is -0.309 e. The molecule has 4 nitrogen and oxygen atoms in total. The van der Waals surface area contributed by atoms with E-state index in [1.54, 1.807) is 0 Å². The van der Waals surface area contributed by atoms with Crippen LogP contribution in [0.4, 0.5) is 0 Å². The van der Waals surface area contributed by atoms with Crippen LogP contribution in [0, 0.1) is 0 Å². The van der Waals surface area contributed by atoms with Crippen molar-refractivity contribution in [2.24, 2.45) is 0 Å². The van der Waals surface area contributed by atoms with Gasteiger partial charge in [0.15, 0.2) is 0 Å². The zero-order valence-corrected chi connectivity index (χ0v) is 15.5. The van der Waals surface area contributed by atoms with Crippen LogP contribution in [-0.4, -0.2) is 49.5 Å². The first-order valence-electron chi connectivity index (χ1n) is 9.29. The number of nitrogens with one attached hydrogen (secondary N) is 1. The molecule has 0 aliphatic heterocycles. The average Bonchev–Trinajstić information content (AvgIpc) is 2.47. The predicted octanol–water partition coefficient (Wildman–Crippen LogP) is 3.82. The SMILES string of the molecule is CCCCCCN(CCCCCC)NC(=O)CCCN(C)C. The van der Waals surface area contributed by atoms with E-state index in [2.05, 4.69) is 29.2 Å². The zero-order chi connectivity index (χ0) is 16.6. The monoisotopic (exact) mass is 313 g/mol. The van der Waals surface area contributed by atoms with Crippen molar-refractivity contribution in [3.05, 3.63) is 0 Å². The maximum absolute atomic E-state index is 12.0. The van der Waals surface area contributed by atoms with Crippen molar-refractivity contribution in [2.75, 3.05) is 33.7 Å². The van der Waals surface area contributed by atoms with Crippen molar-refractivity contribution in [3.63, 3.8) is 0 Å². The van der Waals surface area contributed by atoms with Gasteiger partial charge in [0.1, 0.15) is 0 Å². The van der Waals surface area contributed by atoms with Crippen molar-refractivity contribution >= 4 is 5.91 Å². The van der Waals surface area contributed by atoms with Crippen LogP contribution in [0.25, 0.3) is 0 Å². The van der Waals surface area contributed by atoms with E-state index in [1.165, 1.54) is 51.4 Å². The van der Waals surface area contributed by atoms with Gasteiger partial charge in [0.25, 0.3) is 0 Å². The number of amides is 1.